The molecule has 0 saturated carbocycles. The van der Waals surface area contributed by atoms with Crippen molar-refractivity contribution in [2.24, 2.45) is 0 Å². The van der Waals surface area contributed by atoms with Crippen LogP contribution in [-0.4, -0.2) is 58.2 Å². The van der Waals surface area contributed by atoms with Crippen LogP contribution in [0, 0.1) is 0 Å². The van der Waals surface area contributed by atoms with Gasteiger partial charge in [0.15, 0.2) is 5.65 Å². The molecule has 7 nitrogen and oxygen atoms in total. The van der Waals surface area contributed by atoms with Gasteiger partial charge < -0.3 is 9.80 Å². The second-order valence-electron chi connectivity index (χ2n) is 8.07. The van der Waals surface area contributed by atoms with Gasteiger partial charge >= 0.3 is 0 Å². The number of fused-ring (bicyclic) bond motifs is 1. The number of hydrogen-bond donors (Lipinski definition) is 0. The Morgan fingerprint density at radius 1 is 0.909 bits per heavy atom. The highest BCUT2D eigenvalue weighted by Gasteiger charge is 2.21. The number of hydrogen-bond acceptors (Lipinski definition) is 6. The molecule has 0 N–H and O–H groups in total. The minimum absolute atomic E-state index is 0.0921. The Labute approximate surface area is 191 Å². The van der Waals surface area contributed by atoms with Gasteiger partial charge in [-0.3, -0.25) is 9.59 Å². The van der Waals surface area contributed by atoms with Crippen LogP contribution < -0.4 is 4.90 Å². The SMILES string of the molecule is CC(=O)N1CCN(c2ncc3cc(-c4ccccc4)c(-c4ccc(C=O)cc4)nc3n2)CC1. The van der Waals surface area contributed by atoms with Crippen molar-refractivity contribution in [2.45, 2.75) is 6.92 Å². The van der Waals surface area contributed by atoms with E-state index in [1.165, 1.54) is 0 Å². The van der Waals surface area contributed by atoms with Gasteiger partial charge in [-0.1, -0.05) is 54.6 Å². The maximum absolute atomic E-state index is 11.6. The Kier molecular flexibility index (Phi) is 5.52. The Bertz CT molecular complexity index is 1310. The van der Waals surface area contributed by atoms with Crippen LogP contribution >= 0.6 is 0 Å². The zero-order chi connectivity index (χ0) is 22.8. The molecule has 5 rings (SSSR count). The Morgan fingerprint density at radius 3 is 2.30 bits per heavy atom. The highest BCUT2D eigenvalue weighted by molar-refractivity contribution is 5.90. The van der Waals surface area contributed by atoms with Gasteiger partial charge in [0.2, 0.25) is 11.9 Å². The number of nitrogens with zero attached hydrogens (tertiary/aromatic N) is 5. The summed E-state index contributed by atoms with van der Waals surface area (Å²) in [5.74, 6) is 0.711. The van der Waals surface area contributed by atoms with E-state index < -0.39 is 0 Å². The number of aldehydes is 1. The van der Waals surface area contributed by atoms with Crippen molar-refractivity contribution in [1.82, 2.24) is 19.9 Å². The van der Waals surface area contributed by atoms with Crippen LogP contribution in [0.2, 0.25) is 0 Å². The van der Waals surface area contributed by atoms with E-state index in [9.17, 15) is 9.59 Å². The minimum atomic E-state index is 0.0921. The van der Waals surface area contributed by atoms with Crippen molar-refractivity contribution in [2.75, 3.05) is 31.1 Å². The van der Waals surface area contributed by atoms with Gasteiger partial charge in [-0.05, 0) is 11.6 Å². The lowest BCUT2D eigenvalue weighted by molar-refractivity contribution is -0.129. The van der Waals surface area contributed by atoms with Gasteiger partial charge in [-0.15, -0.1) is 0 Å². The van der Waals surface area contributed by atoms with Crippen LogP contribution in [0.5, 0.6) is 0 Å². The number of benzene rings is 2. The predicted octanol–water partition coefficient (Wildman–Crippen LogP) is 3.84. The van der Waals surface area contributed by atoms with E-state index in [0.717, 1.165) is 34.1 Å². The number of carbonyl (C=O) groups is 2. The third kappa shape index (κ3) is 4.17. The zero-order valence-electron chi connectivity index (χ0n) is 18.3. The molecule has 4 aromatic rings. The number of anilines is 1. The van der Waals surface area contributed by atoms with E-state index in [1.54, 1.807) is 19.1 Å². The van der Waals surface area contributed by atoms with E-state index in [1.807, 2.05) is 41.4 Å². The zero-order valence-corrected chi connectivity index (χ0v) is 18.3. The van der Waals surface area contributed by atoms with Crippen LogP contribution in [0.4, 0.5) is 5.95 Å². The summed E-state index contributed by atoms with van der Waals surface area (Å²) in [6.45, 7) is 4.29. The standard InChI is InChI=1S/C26H23N5O2/c1-18(33)30-11-13-31(14-12-30)26-27-16-22-15-23(20-5-3-2-4-6-20)24(28-25(22)29-26)21-9-7-19(17-32)8-10-21/h2-10,15-17H,11-14H2,1H3. The molecule has 0 bridgehead atoms. The first kappa shape index (κ1) is 20.8. The minimum Gasteiger partial charge on any atom is -0.339 e. The molecule has 3 heterocycles. The first-order valence-electron chi connectivity index (χ1n) is 10.9. The summed E-state index contributed by atoms with van der Waals surface area (Å²) in [6.07, 6.45) is 2.65. The van der Waals surface area contributed by atoms with Crippen LogP contribution in [0.15, 0.2) is 66.9 Å². The maximum atomic E-state index is 11.6. The third-order valence-corrected chi connectivity index (χ3v) is 5.97. The summed E-state index contributed by atoms with van der Waals surface area (Å²) >= 11 is 0. The molecule has 1 aliphatic heterocycles. The Hall–Kier alpha value is -4.13. The second-order valence-corrected chi connectivity index (χ2v) is 8.07. The fraction of sp³-hybridized carbons (Fsp3) is 0.192. The fourth-order valence-electron chi connectivity index (χ4n) is 4.11. The molecule has 1 amide bonds. The topological polar surface area (TPSA) is 79.3 Å². The average molecular weight is 438 g/mol. The van der Waals surface area contributed by atoms with Crippen molar-refractivity contribution < 1.29 is 9.59 Å². The molecule has 0 atom stereocenters. The summed E-state index contributed by atoms with van der Waals surface area (Å²) in [4.78, 5) is 41.0. The van der Waals surface area contributed by atoms with Crippen molar-refractivity contribution >= 4 is 29.2 Å². The number of piperazine rings is 1. The molecule has 1 aliphatic rings. The lowest BCUT2D eigenvalue weighted by Gasteiger charge is -2.34. The van der Waals surface area contributed by atoms with E-state index in [-0.39, 0.29) is 5.91 Å². The lowest BCUT2D eigenvalue weighted by atomic mass is 9.98. The first-order valence-corrected chi connectivity index (χ1v) is 10.9. The van der Waals surface area contributed by atoms with Gasteiger partial charge in [-0.25, -0.2) is 9.97 Å². The van der Waals surface area contributed by atoms with Crippen molar-refractivity contribution in [3.8, 4) is 22.4 Å². The van der Waals surface area contributed by atoms with Crippen molar-refractivity contribution in [1.29, 1.82) is 0 Å². The number of carbonyl (C=O) groups excluding carboxylic acids is 2. The van der Waals surface area contributed by atoms with Gasteiger partial charge in [-0.2, -0.15) is 4.98 Å². The molecule has 33 heavy (non-hydrogen) atoms. The molecule has 0 spiro atoms. The number of aromatic nitrogens is 3. The molecule has 0 radical (unpaired) electrons. The molecule has 2 aromatic carbocycles. The predicted molar refractivity (Wildman–Crippen MR) is 128 cm³/mol. The normalized spacial score (nSPS) is 13.8. The summed E-state index contributed by atoms with van der Waals surface area (Å²) in [6, 6.07) is 19.6. The van der Waals surface area contributed by atoms with Crippen LogP contribution in [-0.2, 0) is 4.79 Å². The lowest BCUT2D eigenvalue weighted by Crippen LogP contribution is -2.48. The summed E-state index contributed by atoms with van der Waals surface area (Å²) < 4.78 is 0. The quantitative estimate of drug-likeness (QED) is 0.452. The van der Waals surface area contributed by atoms with E-state index in [2.05, 4.69) is 28.1 Å². The monoisotopic (exact) mass is 437 g/mol. The molecule has 2 aromatic heterocycles. The molecule has 0 unspecified atom stereocenters. The van der Waals surface area contributed by atoms with Crippen LogP contribution in [0.3, 0.4) is 0 Å². The third-order valence-electron chi connectivity index (χ3n) is 5.97. The molecule has 1 fully saturated rings. The smallest absolute Gasteiger partial charge is 0.227 e. The number of pyridine rings is 1. The largest absolute Gasteiger partial charge is 0.339 e. The molecule has 7 heteroatoms. The van der Waals surface area contributed by atoms with Crippen molar-refractivity contribution in [3.63, 3.8) is 0 Å². The number of amides is 1. The van der Waals surface area contributed by atoms with E-state index >= 15 is 0 Å². The Morgan fingerprint density at radius 2 is 1.64 bits per heavy atom. The molecule has 0 aliphatic carbocycles. The molecular weight excluding hydrogens is 414 g/mol. The van der Waals surface area contributed by atoms with Gasteiger partial charge in [0.25, 0.3) is 0 Å². The summed E-state index contributed by atoms with van der Waals surface area (Å²) in [7, 11) is 0. The summed E-state index contributed by atoms with van der Waals surface area (Å²) in [5, 5.41) is 0.855. The fourth-order valence-corrected chi connectivity index (χ4v) is 4.11. The highest BCUT2D eigenvalue weighted by atomic mass is 16.2. The summed E-state index contributed by atoms with van der Waals surface area (Å²) in [5.41, 5.74) is 4.98. The Balaban J connectivity index is 1.58. The molecular formula is C26H23N5O2. The molecule has 164 valence electrons. The highest BCUT2D eigenvalue weighted by Crippen LogP contribution is 2.33. The average Bonchev–Trinajstić information content (AvgIpc) is 2.88. The maximum Gasteiger partial charge on any atom is 0.227 e. The first-order chi connectivity index (χ1) is 16.1. The van der Waals surface area contributed by atoms with Crippen LogP contribution in [0.25, 0.3) is 33.4 Å². The second kappa shape index (κ2) is 8.78. The van der Waals surface area contributed by atoms with Crippen LogP contribution in [0.1, 0.15) is 17.3 Å². The molecule has 1 saturated heterocycles. The van der Waals surface area contributed by atoms with Gasteiger partial charge in [0.1, 0.15) is 6.29 Å². The van der Waals surface area contributed by atoms with Gasteiger partial charge in [0.05, 0.1) is 5.69 Å². The van der Waals surface area contributed by atoms with Crippen molar-refractivity contribution in [3.05, 3.63) is 72.4 Å². The van der Waals surface area contributed by atoms with E-state index in [0.29, 0.717) is 43.3 Å². The number of rotatable bonds is 4. The van der Waals surface area contributed by atoms with E-state index in [4.69, 9.17) is 9.97 Å². The van der Waals surface area contributed by atoms with Gasteiger partial charge in [0, 0.05) is 61.4 Å².